The van der Waals surface area contributed by atoms with Crippen molar-refractivity contribution >= 4 is 133 Å². The molecule has 2 aromatic heterocycles. The highest BCUT2D eigenvalue weighted by molar-refractivity contribution is 7.97. The third kappa shape index (κ3) is 28.4. The molecule has 3 heterocycles. The van der Waals surface area contributed by atoms with Crippen molar-refractivity contribution in [2.45, 2.75) is 167 Å². The second kappa shape index (κ2) is 48.4. The maximum Gasteiger partial charge on any atom is 0.428 e. The van der Waals surface area contributed by atoms with Crippen molar-refractivity contribution in [1.82, 2.24) is 0 Å². The summed E-state index contributed by atoms with van der Waals surface area (Å²) >= 11 is 0. The molecule has 2 saturated carbocycles. The van der Waals surface area contributed by atoms with Gasteiger partial charge in [-0.1, -0.05) is 205 Å². The van der Waals surface area contributed by atoms with Crippen LogP contribution in [0, 0.1) is 25.7 Å². The summed E-state index contributed by atoms with van der Waals surface area (Å²) < 4.78 is 167. The number of ether oxygens (including phenoxy) is 8. The third-order valence-electron chi connectivity index (χ3n) is 22.0. The van der Waals surface area contributed by atoms with Crippen molar-refractivity contribution in [3.05, 3.63) is 314 Å². The van der Waals surface area contributed by atoms with Gasteiger partial charge in [0.15, 0.2) is 72.1 Å². The summed E-state index contributed by atoms with van der Waals surface area (Å²) in [5.74, 6) is 0.586. The number of esters is 3. The molecule has 11 aromatic carbocycles. The van der Waals surface area contributed by atoms with Crippen LogP contribution in [-0.4, -0.2) is 114 Å². The van der Waals surface area contributed by atoms with Crippen LogP contribution in [0.1, 0.15) is 126 Å². The molecule has 694 valence electrons. The largest absolute Gasteiger partial charge is 0.744 e. The topological polar surface area (TPSA) is 297 Å². The quantitative estimate of drug-likeness (QED) is 0.00800. The molecule has 3 aliphatic rings. The van der Waals surface area contributed by atoms with E-state index in [1.165, 1.54) is 196 Å². The fourth-order valence-corrected chi connectivity index (χ4v) is 23.5. The predicted octanol–water partition coefficient (Wildman–Crippen LogP) is 24.2. The van der Waals surface area contributed by atoms with Gasteiger partial charge in [-0.15, -0.1) is 0 Å². The molecule has 1 aliphatic heterocycles. The number of aryl methyl sites for hydroxylation is 2. The van der Waals surface area contributed by atoms with Gasteiger partial charge in [-0.3, -0.25) is 0 Å². The highest BCUT2D eigenvalue weighted by Crippen LogP contribution is 2.51. The molecule has 0 radical (unpaired) electrons. The van der Waals surface area contributed by atoms with Gasteiger partial charge in [0.25, 0.3) is 0 Å². The van der Waals surface area contributed by atoms with Gasteiger partial charge in [-0.2, -0.15) is 8.78 Å². The molecule has 16 rings (SSSR count). The van der Waals surface area contributed by atoms with Gasteiger partial charge in [0, 0.05) is 78.7 Å². The Balaban J connectivity index is 0.000000159. The molecule has 3 atom stereocenters. The lowest BCUT2D eigenvalue weighted by atomic mass is 9.87. The van der Waals surface area contributed by atoms with Gasteiger partial charge < -0.3 is 51.6 Å². The number of hydrogen-bond donors (Lipinski definition) is 0. The predicted molar refractivity (Wildman–Crippen MR) is 516 cm³/mol. The lowest BCUT2D eigenvalue weighted by molar-refractivity contribution is -0.164. The molecular weight excluding hydrogens is 1800 g/mol. The van der Waals surface area contributed by atoms with Crippen molar-refractivity contribution in [2.24, 2.45) is 11.8 Å². The van der Waals surface area contributed by atoms with E-state index < -0.39 is 66.9 Å². The molecular formula is C104H108F2O20S6. The number of benzene rings is 11. The minimum absolute atomic E-state index is 0.0359. The van der Waals surface area contributed by atoms with Gasteiger partial charge in [0.2, 0.25) is 0 Å². The van der Waals surface area contributed by atoms with E-state index >= 15 is 0 Å². The van der Waals surface area contributed by atoms with Gasteiger partial charge >= 0.3 is 23.2 Å². The van der Waals surface area contributed by atoms with Crippen molar-refractivity contribution in [2.75, 3.05) is 33.0 Å². The summed E-state index contributed by atoms with van der Waals surface area (Å²) in [6.07, 6.45) is 19.0. The number of fused-ring (bicyclic) bond motifs is 6. The minimum Gasteiger partial charge on any atom is -0.744 e. The number of carbonyl (C=O) groups excluding carboxylic acids is 3. The van der Waals surface area contributed by atoms with E-state index in [1.54, 1.807) is 12.2 Å². The van der Waals surface area contributed by atoms with E-state index in [9.17, 15) is 62.1 Å². The first kappa shape index (κ1) is 101. The second-order valence-corrected chi connectivity index (χ2v) is 41.7. The molecule has 132 heavy (non-hydrogen) atoms. The lowest BCUT2D eigenvalue weighted by Gasteiger charge is -2.23. The number of carbonyl (C=O) groups is 3. The number of halogens is 2. The average molecular weight is 1910 g/mol. The standard InChI is InChI=1S/C30H35O2S.C28H33O2S.C22H17O3S.C8H10F2O7S.2C8H8O3S/c1-21-19-25(33-28-15-9-7-13-26(28)27-14-8-10-16-29(27)33)20-22(2)30(21)32-23(3)31-18-17-24-11-5-4-6-12-24;1-23(29-22-21-24-11-5-2-6-12-24)30-25-17-19-28(20-18-25)31(26-13-7-3-8-14-26)27-15-9-4-10-16-27;23-22-19(13-14-24-22)25-15-9-11-16(12-10-15)26-20-7-3-1-5-17(20)18-6-2-4-8-21(18)26;1-5(2)6(11)16-3-4-17-7(12)8(9,10)18(13,14)15;2*1-2-7-3-5-8(6-4-7)12(9,10)11/h7-10,13-16,19-20,23-24H,4-6,11-12,17-18H2,1-3H3;3-4,7-10,13-20,23-24H,2,5-6,11-12,21-22H2,1H3;1-12,19H,13-14H2;1,3-4H2,2H3,(H,13,14,15);2*2-6H,1H2,(H,9,10,11)/q3*+1;;;/p-3. The number of cyclic esters (lactones) is 1. The summed E-state index contributed by atoms with van der Waals surface area (Å²) in [6, 6.07) is 88.8. The zero-order valence-electron chi connectivity index (χ0n) is 74.2. The van der Waals surface area contributed by atoms with E-state index in [0.717, 1.165) is 60.5 Å². The Kier molecular flexibility index (Phi) is 37.2. The summed E-state index contributed by atoms with van der Waals surface area (Å²) in [5, 5.41) is 0.200. The fraction of sp³-hybridized carbons (Fsp3) is 0.279. The van der Waals surface area contributed by atoms with E-state index in [2.05, 4.69) is 249 Å². The maximum atomic E-state index is 12.5. The van der Waals surface area contributed by atoms with E-state index in [4.69, 9.17) is 28.4 Å². The monoisotopic (exact) mass is 1910 g/mol. The van der Waals surface area contributed by atoms with Crippen LogP contribution in [0.2, 0.25) is 0 Å². The van der Waals surface area contributed by atoms with Gasteiger partial charge in [-0.05, 0) is 215 Å². The summed E-state index contributed by atoms with van der Waals surface area (Å²) in [7, 11) is -15.1. The van der Waals surface area contributed by atoms with Crippen LogP contribution in [0.5, 0.6) is 17.2 Å². The first-order valence-electron chi connectivity index (χ1n) is 43.4. The van der Waals surface area contributed by atoms with Crippen molar-refractivity contribution < 1.29 is 100.0 Å². The smallest absolute Gasteiger partial charge is 0.428 e. The Morgan fingerprint density at radius 1 is 0.485 bits per heavy atom. The molecule has 13 aromatic rings. The molecule has 2 aliphatic carbocycles. The van der Waals surface area contributed by atoms with Crippen LogP contribution in [0.15, 0.2) is 317 Å². The molecule has 0 amide bonds. The van der Waals surface area contributed by atoms with Crippen molar-refractivity contribution in [3.8, 4) is 27.0 Å². The first-order valence-corrected chi connectivity index (χ1v) is 51.3. The zero-order chi connectivity index (χ0) is 94.5. The molecule has 0 N–H and O–H groups in total. The SMILES string of the molecule is C=C(C)C(=O)OCCOC(=O)C(F)(F)S(=O)(=O)[O-].C=Cc1ccc(S(=O)(=O)[O-])cc1.C=Cc1ccc(S(=O)(=O)[O-])cc1.CC(OCCC1CCCCC1)Oc1ccc([S+](c2ccccc2)c2ccccc2)cc1.Cc1cc(-[s+]2c3ccccc3c3ccccc32)cc(C)c1OC(C)OCCC1CCCCC1.O=C1OCCC1Oc1ccc(-[s+]2c3ccccc3c3ccccc32)cc1. The average Bonchev–Trinajstić information content (AvgIpc) is 1.60. The zero-order valence-corrected chi connectivity index (χ0v) is 79.1. The van der Waals surface area contributed by atoms with Crippen LogP contribution in [0.25, 0.3) is 62.3 Å². The molecule has 3 unspecified atom stereocenters. The van der Waals surface area contributed by atoms with Crippen LogP contribution in [0.4, 0.5) is 8.78 Å². The van der Waals surface area contributed by atoms with Crippen molar-refractivity contribution in [3.63, 3.8) is 0 Å². The fourth-order valence-electron chi connectivity index (χ4n) is 15.3. The van der Waals surface area contributed by atoms with Crippen LogP contribution >= 0.6 is 20.9 Å². The Morgan fingerprint density at radius 2 is 0.864 bits per heavy atom. The molecule has 3 fully saturated rings. The number of thiophene rings is 2. The molecule has 0 spiro atoms. The van der Waals surface area contributed by atoms with E-state index in [-0.39, 0.29) is 65.7 Å². The molecule has 0 bridgehead atoms. The summed E-state index contributed by atoms with van der Waals surface area (Å²) in [6.45, 7) is 20.5. The molecule has 1 saturated heterocycles. The second-order valence-electron chi connectivity index (χ2n) is 31.6. The minimum atomic E-state index is -6.15. The summed E-state index contributed by atoms with van der Waals surface area (Å²) in [5.41, 5.74) is 3.96. The first-order chi connectivity index (χ1) is 63.3. The number of rotatable bonds is 29. The molecule has 20 nitrogen and oxygen atoms in total. The number of alkyl halides is 2. The Hall–Kier alpha value is -11.3. The number of hydrogen-bond acceptors (Lipinski definition) is 20. The Morgan fingerprint density at radius 3 is 1.25 bits per heavy atom. The van der Waals surface area contributed by atoms with Crippen LogP contribution in [0.3, 0.4) is 0 Å². The van der Waals surface area contributed by atoms with Crippen LogP contribution in [-0.2, 0) is 79.3 Å². The van der Waals surface area contributed by atoms with Crippen molar-refractivity contribution in [1.29, 1.82) is 0 Å². The van der Waals surface area contributed by atoms with Gasteiger partial charge in [0.05, 0.1) is 40.5 Å². The van der Waals surface area contributed by atoms with Gasteiger partial charge in [-0.25, -0.2) is 39.6 Å². The molecule has 28 heteroatoms. The van der Waals surface area contributed by atoms with E-state index in [0.29, 0.717) is 18.8 Å². The Labute approximate surface area is 779 Å². The summed E-state index contributed by atoms with van der Waals surface area (Å²) in [4.78, 5) is 39.1. The Bertz CT molecular complexity index is 6150. The van der Waals surface area contributed by atoms with Gasteiger partial charge in [0.1, 0.15) is 50.7 Å². The maximum absolute atomic E-state index is 12.5. The third-order valence-corrected chi connectivity index (χ3v) is 31.3. The highest BCUT2D eigenvalue weighted by Gasteiger charge is 2.48. The normalized spacial score (nSPS) is 14.6. The lowest BCUT2D eigenvalue weighted by Crippen LogP contribution is -2.39. The van der Waals surface area contributed by atoms with Crippen LogP contribution < -0.4 is 14.2 Å². The van der Waals surface area contributed by atoms with E-state index in [1.807, 2.05) is 26.0 Å². The highest BCUT2D eigenvalue weighted by atomic mass is 32.2.